The Morgan fingerprint density at radius 3 is 2.45 bits per heavy atom. The number of ketones is 1. The molecule has 0 bridgehead atoms. The number of hydrogen-bond donors (Lipinski definition) is 0. The monoisotopic (exact) mass is 335 g/mol. The fourth-order valence-electron chi connectivity index (χ4n) is 2.49. The van der Waals surface area contributed by atoms with E-state index in [1.54, 1.807) is 36.4 Å². The maximum absolute atomic E-state index is 12.9. The highest BCUT2D eigenvalue weighted by Crippen LogP contribution is 2.34. The maximum Gasteiger partial charge on any atom is 0.264 e. The zero-order valence-electron chi connectivity index (χ0n) is 11.9. The van der Waals surface area contributed by atoms with Crippen molar-refractivity contribution in [2.75, 3.05) is 10.8 Å². The van der Waals surface area contributed by atoms with E-state index >= 15 is 0 Å². The van der Waals surface area contributed by atoms with Crippen molar-refractivity contribution in [3.63, 3.8) is 0 Å². The number of benzene rings is 2. The zero-order chi connectivity index (χ0) is 15.9. The lowest BCUT2D eigenvalue weighted by Crippen LogP contribution is -2.37. The summed E-state index contributed by atoms with van der Waals surface area (Å²) >= 11 is 5.97. The van der Waals surface area contributed by atoms with Crippen LogP contribution in [-0.2, 0) is 10.0 Å². The molecule has 0 saturated heterocycles. The second-order valence-corrected chi connectivity index (χ2v) is 7.52. The van der Waals surface area contributed by atoms with Gasteiger partial charge in [0.15, 0.2) is 5.78 Å². The third kappa shape index (κ3) is 2.51. The van der Waals surface area contributed by atoms with Crippen LogP contribution >= 0.6 is 11.6 Å². The summed E-state index contributed by atoms with van der Waals surface area (Å²) in [7, 11) is -3.71. The molecule has 0 N–H and O–H groups in total. The molecule has 0 radical (unpaired) electrons. The Hall–Kier alpha value is -1.85. The van der Waals surface area contributed by atoms with E-state index in [1.807, 2.05) is 6.92 Å². The van der Waals surface area contributed by atoms with E-state index in [2.05, 4.69) is 0 Å². The topological polar surface area (TPSA) is 54.5 Å². The number of sulfonamides is 1. The summed E-state index contributed by atoms with van der Waals surface area (Å²) in [6.07, 6.45) is 0.166. The van der Waals surface area contributed by atoms with Crippen LogP contribution < -0.4 is 4.31 Å². The molecule has 4 nitrogen and oxygen atoms in total. The van der Waals surface area contributed by atoms with Gasteiger partial charge in [0.25, 0.3) is 10.0 Å². The van der Waals surface area contributed by atoms with Gasteiger partial charge in [0.05, 0.1) is 10.6 Å². The van der Waals surface area contributed by atoms with Crippen molar-refractivity contribution in [2.45, 2.75) is 18.2 Å². The lowest BCUT2D eigenvalue weighted by atomic mass is 10.0. The van der Waals surface area contributed by atoms with Crippen molar-refractivity contribution in [2.24, 2.45) is 0 Å². The largest absolute Gasteiger partial charge is 0.294 e. The first kappa shape index (κ1) is 15.1. The Morgan fingerprint density at radius 1 is 1.09 bits per heavy atom. The van der Waals surface area contributed by atoms with Crippen molar-refractivity contribution in [3.05, 3.63) is 58.6 Å². The molecule has 6 heteroatoms. The maximum atomic E-state index is 12.9. The van der Waals surface area contributed by atoms with E-state index < -0.39 is 10.0 Å². The van der Waals surface area contributed by atoms with Crippen LogP contribution in [0.25, 0.3) is 0 Å². The molecule has 0 saturated carbocycles. The highest BCUT2D eigenvalue weighted by molar-refractivity contribution is 7.92. The van der Waals surface area contributed by atoms with Crippen molar-refractivity contribution in [1.29, 1.82) is 0 Å². The first-order chi connectivity index (χ1) is 10.4. The van der Waals surface area contributed by atoms with Gasteiger partial charge in [-0.3, -0.25) is 9.10 Å². The summed E-state index contributed by atoms with van der Waals surface area (Å²) in [5, 5.41) is 0.401. The molecule has 22 heavy (non-hydrogen) atoms. The minimum Gasteiger partial charge on any atom is -0.294 e. The quantitative estimate of drug-likeness (QED) is 0.844. The van der Waals surface area contributed by atoms with Gasteiger partial charge in [0.1, 0.15) is 0 Å². The molecule has 3 rings (SSSR count). The van der Waals surface area contributed by atoms with E-state index in [1.165, 1.54) is 10.4 Å². The Balaban J connectivity index is 2.13. The molecule has 1 aliphatic rings. The van der Waals surface area contributed by atoms with Gasteiger partial charge in [-0.15, -0.1) is 0 Å². The number of rotatable bonds is 2. The molecule has 2 aromatic carbocycles. The van der Waals surface area contributed by atoms with Crippen LogP contribution in [0.15, 0.2) is 47.4 Å². The molecule has 0 atom stereocenters. The molecular weight excluding hydrogens is 322 g/mol. The highest BCUT2D eigenvalue weighted by atomic mass is 35.5. The molecule has 114 valence electrons. The van der Waals surface area contributed by atoms with Crippen LogP contribution in [0.4, 0.5) is 5.69 Å². The Labute approximate surface area is 134 Å². The summed E-state index contributed by atoms with van der Waals surface area (Å²) in [6, 6.07) is 11.4. The number of aryl methyl sites for hydroxylation is 1. The van der Waals surface area contributed by atoms with Gasteiger partial charge in [-0.2, -0.15) is 0 Å². The van der Waals surface area contributed by atoms with E-state index in [0.29, 0.717) is 16.3 Å². The van der Waals surface area contributed by atoms with Gasteiger partial charge in [-0.25, -0.2) is 8.42 Å². The Kier molecular flexibility index (Phi) is 3.70. The van der Waals surface area contributed by atoms with Crippen LogP contribution in [0.2, 0.25) is 5.02 Å². The van der Waals surface area contributed by atoms with Gasteiger partial charge in [0.2, 0.25) is 0 Å². The van der Waals surface area contributed by atoms with Gasteiger partial charge in [-0.1, -0.05) is 29.3 Å². The molecule has 0 aromatic heterocycles. The molecule has 2 aromatic rings. The average molecular weight is 336 g/mol. The van der Waals surface area contributed by atoms with Crippen molar-refractivity contribution < 1.29 is 13.2 Å². The van der Waals surface area contributed by atoms with E-state index in [9.17, 15) is 13.2 Å². The number of fused-ring (bicyclic) bond motifs is 1. The number of carbonyl (C=O) groups excluding carboxylic acids is 1. The third-order valence-corrected chi connectivity index (χ3v) is 5.74. The first-order valence-electron chi connectivity index (χ1n) is 6.82. The van der Waals surface area contributed by atoms with Gasteiger partial charge < -0.3 is 0 Å². The van der Waals surface area contributed by atoms with Crippen LogP contribution in [0.1, 0.15) is 22.3 Å². The SMILES string of the molecule is Cc1ccc(S(=O)(=O)N2CCC(=O)c3ccc(Cl)cc32)cc1. The normalized spacial score (nSPS) is 14.8. The fraction of sp³-hybridized carbons (Fsp3) is 0.188. The molecule has 0 amide bonds. The van der Waals surface area contributed by atoms with Crippen LogP contribution in [0.3, 0.4) is 0 Å². The molecule has 0 fully saturated rings. The number of Topliss-reactive ketones (excluding diaryl/α,β-unsaturated/α-hetero) is 1. The van der Waals surface area contributed by atoms with E-state index in [0.717, 1.165) is 5.56 Å². The molecule has 1 aliphatic heterocycles. The Morgan fingerprint density at radius 2 is 1.77 bits per heavy atom. The molecule has 0 spiro atoms. The molecule has 0 aliphatic carbocycles. The number of halogens is 1. The van der Waals surface area contributed by atoms with Crippen molar-refractivity contribution >= 4 is 33.1 Å². The fourth-order valence-corrected chi connectivity index (χ4v) is 4.13. The summed E-state index contributed by atoms with van der Waals surface area (Å²) < 4.78 is 27.0. The minimum atomic E-state index is -3.71. The molecular formula is C16H14ClNO3S. The number of nitrogens with zero attached hydrogens (tertiary/aromatic N) is 1. The van der Waals surface area contributed by atoms with Crippen molar-refractivity contribution in [3.8, 4) is 0 Å². The minimum absolute atomic E-state index is 0.0676. The number of hydrogen-bond acceptors (Lipinski definition) is 3. The number of carbonyl (C=O) groups is 1. The smallest absolute Gasteiger partial charge is 0.264 e. The number of anilines is 1. The lowest BCUT2D eigenvalue weighted by molar-refractivity contribution is 0.0982. The molecule has 1 heterocycles. The van der Waals surface area contributed by atoms with Crippen LogP contribution in [0.5, 0.6) is 0 Å². The summed E-state index contributed by atoms with van der Waals surface area (Å²) in [5.74, 6) is -0.0676. The van der Waals surface area contributed by atoms with Crippen LogP contribution in [-0.4, -0.2) is 20.7 Å². The first-order valence-corrected chi connectivity index (χ1v) is 8.63. The van der Waals surface area contributed by atoms with Crippen molar-refractivity contribution in [1.82, 2.24) is 0 Å². The van der Waals surface area contributed by atoms with Gasteiger partial charge >= 0.3 is 0 Å². The lowest BCUT2D eigenvalue weighted by Gasteiger charge is -2.29. The predicted octanol–water partition coefficient (Wildman–Crippen LogP) is 3.43. The third-order valence-electron chi connectivity index (χ3n) is 3.68. The standard InChI is InChI=1S/C16H14ClNO3S/c1-11-2-5-13(6-3-11)22(20,21)18-9-8-16(19)14-7-4-12(17)10-15(14)18/h2-7,10H,8-9H2,1H3. The summed E-state index contributed by atoms with van der Waals surface area (Å²) in [5.41, 5.74) is 1.73. The second-order valence-electron chi connectivity index (χ2n) is 5.22. The average Bonchev–Trinajstić information content (AvgIpc) is 2.47. The summed E-state index contributed by atoms with van der Waals surface area (Å²) in [6.45, 7) is 2.02. The molecule has 0 unspecified atom stereocenters. The van der Waals surface area contributed by atoms with Gasteiger partial charge in [-0.05, 0) is 37.3 Å². The van der Waals surface area contributed by atoms with E-state index in [-0.39, 0.29) is 23.6 Å². The van der Waals surface area contributed by atoms with Crippen LogP contribution in [0, 0.1) is 6.92 Å². The van der Waals surface area contributed by atoms with E-state index in [4.69, 9.17) is 11.6 Å². The zero-order valence-corrected chi connectivity index (χ0v) is 13.5. The summed E-state index contributed by atoms with van der Waals surface area (Å²) in [4.78, 5) is 12.2. The Bertz CT molecular complexity index is 844. The van der Waals surface area contributed by atoms with Gasteiger partial charge in [0, 0.05) is 23.6 Å². The highest BCUT2D eigenvalue weighted by Gasteiger charge is 2.32. The predicted molar refractivity (Wildman–Crippen MR) is 86.1 cm³/mol. The second kappa shape index (κ2) is 5.41.